The molecule has 24 heavy (non-hydrogen) atoms. The maximum Gasteiger partial charge on any atom is 0.336 e. The quantitative estimate of drug-likeness (QED) is 0.462. The van der Waals surface area contributed by atoms with Crippen molar-refractivity contribution in [1.82, 2.24) is 0 Å². The van der Waals surface area contributed by atoms with E-state index in [0.29, 0.717) is 23.5 Å². The molecule has 1 fully saturated rings. The molecule has 1 aliphatic carbocycles. The summed E-state index contributed by atoms with van der Waals surface area (Å²) in [7, 11) is 0. The Bertz CT molecular complexity index is 577. The lowest BCUT2D eigenvalue weighted by Crippen LogP contribution is -2.35. The Morgan fingerprint density at radius 3 is 2.42 bits per heavy atom. The van der Waals surface area contributed by atoms with Crippen molar-refractivity contribution in [3.05, 3.63) is 42.5 Å². The molecule has 3 atom stereocenters. The number of rotatable bonds is 5. The molecule has 0 amide bonds. The highest BCUT2D eigenvalue weighted by molar-refractivity contribution is 5.92. The summed E-state index contributed by atoms with van der Waals surface area (Å²) in [5, 5.41) is 0. The summed E-state index contributed by atoms with van der Waals surface area (Å²) in [6.07, 6.45) is 5.34. The summed E-state index contributed by atoms with van der Waals surface area (Å²) in [5.41, 5.74) is 0. The Morgan fingerprint density at radius 1 is 1.08 bits per heavy atom. The van der Waals surface area contributed by atoms with Gasteiger partial charge >= 0.3 is 11.9 Å². The summed E-state index contributed by atoms with van der Waals surface area (Å²) in [5.74, 6) is 0.795. The van der Waals surface area contributed by atoms with Crippen LogP contribution in [-0.4, -0.2) is 18.0 Å². The van der Waals surface area contributed by atoms with Gasteiger partial charge < -0.3 is 9.47 Å². The molecule has 0 heterocycles. The minimum Gasteiger partial charge on any atom is -0.459 e. The molecule has 2 rings (SSSR count). The minimum atomic E-state index is -0.587. The van der Waals surface area contributed by atoms with Gasteiger partial charge in [0.15, 0.2) is 0 Å². The number of benzene rings is 1. The van der Waals surface area contributed by atoms with E-state index < -0.39 is 11.9 Å². The van der Waals surface area contributed by atoms with Crippen LogP contribution in [0.25, 0.3) is 0 Å². The van der Waals surface area contributed by atoms with E-state index in [-0.39, 0.29) is 6.10 Å². The van der Waals surface area contributed by atoms with Crippen molar-refractivity contribution >= 4 is 11.9 Å². The lowest BCUT2D eigenvalue weighted by molar-refractivity contribution is -0.150. The van der Waals surface area contributed by atoms with Crippen molar-refractivity contribution in [2.24, 2.45) is 17.8 Å². The highest BCUT2D eigenvalue weighted by atomic mass is 16.5. The highest BCUT2D eigenvalue weighted by Crippen LogP contribution is 2.35. The van der Waals surface area contributed by atoms with Crippen LogP contribution in [0.1, 0.15) is 40.0 Å². The normalized spacial score (nSPS) is 24.1. The SMILES string of the molecule is CC1CCC(C(C)C)C(OC(=O)C=CC(=O)Oc2ccccc2)C1. The fourth-order valence-corrected chi connectivity index (χ4v) is 3.21. The Hall–Kier alpha value is -2.10. The van der Waals surface area contributed by atoms with E-state index in [9.17, 15) is 9.59 Å². The summed E-state index contributed by atoms with van der Waals surface area (Å²) in [6.45, 7) is 6.51. The van der Waals surface area contributed by atoms with E-state index in [1.165, 1.54) is 6.42 Å². The Morgan fingerprint density at radius 2 is 1.75 bits per heavy atom. The van der Waals surface area contributed by atoms with Crippen LogP contribution >= 0.6 is 0 Å². The zero-order valence-corrected chi connectivity index (χ0v) is 14.6. The maximum absolute atomic E-state index is 12.0. The molecule has 4 heteroatoms. The number of para-hydroxylation sites is 1. The van der Waals surface area contributed by atoms with E-state index in [1.54, 1.807) is 24.3 Å². The second-order valence-corrected chi connectivity index (χ2v) is 6.87. The molecular weight excluding hydrogens is 304 g/mol. The van der Waals surface area contributed by atoms with E-state index in [4.69, 9.17) is 9.47 Å². The van der Waals surface area contributed by atoms with Crippen LogP contribution in [0.5, 0.6) is 5.75 Å². The summed E-state index contributed by atoms with van der Waals surface area (Å²) in [4.78, 5) is 23.7. The molecule has 0 aliphatic heterocycles. The molecule has 1 aromatic carbocycles. The van der Waals surface area contributed by atoms with Crippen LogP contribution in [0.2, 0.25) is 0 Å². The summed E-state index contributed by atoms with van der Waals surface area (Å²) in [6, 6.07) is 8.75. The van der Waals surface area contributed by atoms with Gasteiger partial charge in [0.2, 0.25) is 0 Å². The Kier molecular flexibility index (Phi) is 6.59. The van der Waals surface area contributed by atoms with Crippen LogP contribution in [0, 0.1) is 17.8 Å². The minimum absolute atomic E-state index is 0.0731. The lowest BCUT2D eigenvalue weighted by atomic mass is 9.75. The number of ether oxygens (including phenoxy) is 2. The topological polar surface area (TPSA) is 52.6 Å². The first-order valence-electron chi connectivity index (χ1n) is 8.61. The van der Waals surface area contributed by atoms with Gasteiger partial charge in [0.05, 0.1) is 0 Å². The van der Waals surface area contributed by atoms with Crippen molar-refractivity contribution in [1.29, 1.82) is 0 Å². The first kappa shape index (κ1) is 18.2. The molecule has 0 aromatic heterocycles. The smallest absolute Gasteiger partial charge is 0.336 e. The molecular formula is C20H26O4. The largest absolute Gasteiger partial charge is 0.459 e. The van der Waals surface area contributed by atoms with Crippen molar-refractivity contribution in [3.8, 4) is 5.75 Å². The molecule has 0 saturated heterocycles. The van der Waals surface area contributed by atoms with Crippen molar-refractivity contribution < 1.29 is 19.1 Å². The molecule has 1 aromatic rings. The van der Waals surface area contributed by atoms with Crippen molar-refractivity contribution in [3.63, 3.8) is 0 Å². The van der Waals surface area contributed by atoms with E-state index in [0.717, 1.165) is 25.0 Å². The third-order valence-electron chi connectivity index (χ3n) is 4.55. The molecule has 130 valence electrons. The first-order valence-corrected chi connectivity index (χ1v) is 8.61. The third kappa shape index (κ3) is 5.52. The van der Waals surface area contributed by atoms with Crippen LogP contribution in [-0.2, 0) is 14.3 Å². The average Bonchev–Trinajstić information content (AvgIpc) is 2.53. The Balaban J connectivity index is 1.87. The molecule has 1 aliphatic rings. The molecule has 1 saturated carbocycles. The number of carbonyl (C=O) groups excluding carboxylic acids is 2. The second-order valence-electron chi connectivity index (χ2n) is 6.87. The average molecular weight is 330 g/mol. The van der Waals surface area contributed by atoms with Gasteiger partial charge in [-0.2, -0.15) is 0 Å². The molecule has 0 N–H and O–H groups in total. The van der Waals surface area contributed by atoms with Crippen molar-refractivity contribution in [2.45, 2.75) is 46.1 Å². The number of hydrogen-bond acceptors (Lipinski definition) is 4. The summed E-state index contributed by atoms with van der Waals surface area (Å²) >= 11 is 0. The van der Waals surface area contributed by atoms with Crippen LogP contribution < -0.4 is 4.74 Å². The van der Waals surface area contributed by atoms with Gasteiger partial charge in [-0.15, -0.1) is 0 Å². The van der Waals surface area contributed by atoms with Gasteiger partial charge in [-0.1, -0.05) is 45.4 Å². The second kappa shape index (κ2) is 8.67. The number of esters is 2. The van der Waals surface area contributed by atoms with Crippen LogP contribution in [0.3, 0.4) is 0 Å². The lowest BCUT2D eigenvalue weighted by Gasteiger charge is -2.36. The van der Waals surface area contributed by atoms with Crippen LogP contribution in [0.4, 0.5) is 0 Å². The fraction of sp³-hybridized carbons (Fsp3) is 0.500. The van der Waals surface area contributed by atoms with Crippen molar-refractivity contribution in [2.75, 3.05) is 0 Å². The highest BCUT2D eigenvalue weighted by Gasteiger charge is 2.32. The van der Waals surface area contributed by atoms with Gasteiger partial charge in [-0.05, 0) is 42.7 Å². The molecule has 0 bridgehead atoms. The predicted molar refractivity (Wildman–Crippen MR) is 92.4 cm³/mol. The predicted octanol–water partition coefficient (Wildman–Crippen LogP) is 4.15. The molecule has 0 radical (unpaired) electrons. The van der Waals surface area contributed by atoms with E-state index in [2.05, 4.69) is 20.8 Å². The van der Waals surface area contributed by atoms with Gasteiger partial charge in [-0.3, -0.25) is 0 Å². The summed E-state index contributed by atoms with van der Waals surface area (Å²) < 4.78 is 10.7. The fourth-order valence-electron chi connectivity index (χ4n) is 3.21. The van der Waals surface area contributed by atoms with Gasteiger partial charge in [-0.25, -0.2) is 9.59 Å². The van der Waals surface area contributed by atoms with E-state index >= 15 is 0 Å². The zero-order chi connectivity index (χ0) is 17.5. The standard InChI is InChI=1S/C20H26O4/c1-14(2)17-10-9-15(3)13-18(17)24-20(22)12-11-19(21)23-16-7-5-4-6-8-16/h4-8,11-12,14-15,17-18H,9-10,13H2,1-3H3. The van der Waals surface area contributed by atoms with Gasteiger partial charge in [0.1, 0.15) is 11.9 Å². The zero-order valence-electron chi connectivity index (χ0n) is 14.6. The van der Waals surface area contributed by atoms with E-state index in [1.807, 2.05) is 6.07 Å². The third-order valence-corrected chi connectivity index (χ3v) is 4.55. The number of carbonyl (C=O) groups is 2. The number of hydrogen-bond donors (Lipinski definition) is 0. The monoisotopic (exact) mass is 330 g/mol. The van der Waals surface area contributed by atoms with Gasteiger partial charge in [0.25, 0.3) is 0 Å². The van der Waals surface area contributed by atoms with Gasteiger partial charge in [0, 0.05) is 12.2 Å². The Labute approximate surface area is 143 Å². The van der Waals surface area contributed by atoms with Crippen LogP contribution in [0.15, 0.2) is 42.5 Å². The maximum atomic E-state index is 12.0. The molecule has 3 unspecified atom stereocenters. The first-order chi connectivity index (χ1) is 11.5. The molecule has 4 nitrogen and oxygen atoms in total. The molecule has 0 spiro atoms.